The molecule has 0 spiro atoms. The average Bonchev–Trinajstić information content (AvgIpc) is 2.68. The molecule has 16 heavy (non-hydrogen) atoms. The molecule has 2 rings (SSSR count). The lowest BCUT2D eigenvalue weighted by Crippen LogP contribution is -2.31. The lowest BCUT2D eigenvalue weighted by atomic mass is 10.2. The second-order valence-electron chi connectivity index (χ2n) is 3.90. The molecule has 1 aliphatic heterocycles. The van der Waals surface area contributed by atoms with Gasteiger partial charge in [-0.25, -0.2) is 0 Å². The summed E-state index contributed by atoms with van der Waals surface area (Å²) in [5.74, 6) is 3.43. The van der Waals surface area contributed by atoms with Crippen LogP contribution in [0.15, 0.2) is 0 Å². The highest BCUT2D eigenvalue weighted by molar-refractivity contribution is 7.99. The zero-order valence-corrected chi connectivity index (χ0v) is 10.1. The van der Waals surface area contributed by atoms with Crippen LogP contribution in [0, 0.1) is 0 Å². The predicted octanol–water partition coefficient (Wildman–Crippen LogP) is -0.0267. The molecule has 1 aliphatic rings. The van der Waals surface area contributed by atoms with Crippen molar-refractivity contribution in [3.8, 4) is 0 Å². The van der Waals surface area contributed by atoms with E-state index in [1.165, 1.54) is 17.9 Å². The Bertz CT molecular complexity index is 345. The molecular weight excluding hydrogens is 224 g/mol. The van der Waals surface area contributed by atoms with Gasteiger partial charge in [-0.3, -0.25) is 4.90 Å². The standard InChI is InChI=1S/C9H16N6S/c1-15(6-2-3-16-5-6)4-7-12-8(10)14-9(11)13-7/h6H,2-5H2,1H3,(H4,10,11,12,13,14). The number of aromatic nitrogens is 3. The topological polar surface area (TPSA) is 94.0 Å². The molecule has 0 saturated carbocycles. The van der Waals surface area contributed by atoms with Gasteiger partial charge in [-0.05, 0) is 19.2 Å². The van der Waals surface area contributed by atoms with E-state index in [2.05, 4.69) is 26.9 Å². The molecule has 1 fully saturated rings. The van der Waals surface area contributed by atoms with Gasteiger partial charge < -0.3 is 11.5 Å². The minimum Gasteiger partial charge on any atom is -0.368 e. The molecule has 1 aromatic rings. The van der Waals surface area contributed by atoms with Crippen LogP contribution in [0.2, 0.25) is 0 Å². The number of rotatable bonds is 3. The van der Waals surface area contributed by atoms with Crippen molar-refractivity contribution < 1.29 is 0 Å². The highest BCUT2D eigenvalue weighted by Gasteiger charge is 2.20. The van der Waals surface area contributed by atoms with Crippen LogP contribution < -0.4 is 11.5 Å². The maximum atomic E-state index is 5.52. The van der Waals surface area contributed by atoms with E-state index in [1.807, 2.05) is 11.8 Å². The van der Waals surface area contributed by atoms with Gasteiger partial charge in [0.25, 0.3) is 0 Å². The number of nitrogen functional groups attached to an aromatic ring is 2. The van der Waals surface area contributed by atoms with Gasteiger partial charge >= 0.3 is 0 Å². The third-order valence-electron chi connectivity index (χ3n) is 2.64. The lowest BCUT2D eigenvalue weighted by molar-refractivity contribution is 0.248. The largest absolute Gasteiger partial charge is 0.368 e. The summed E-state index contributed by atoms with van der Waals surface area (Å²) in [6.07, 6.45) is 1.22. The normalized spacial score (nSPS) is 20.5. The molecule has 1 saturated heterocycles. The average molecular weight is 240 g/mol. The van der Waals surface area contributed by atoms with Crippen molar-refractivity contribution in [2.45, 2.75) is 19.0 Å². The van der Waals surface area contributed by atoms with Gasteiger partial charge in [0.15, 0.2) is 0 Å². The van der Waals surface area contributed by atoms with Gasteiger partial charge in [0.1, 0.15) is 5.82 Å². The molecule has 1 unspecified atom stereocenters. The third kappa shape index (κ3) is 2.73. The fourth-order valence-electron chi connectivity index (χ4n) is 1.75. The quantitative estimate of drug-likeness (QED) is 0.766. The molecule has 7 heteroatoms. The number of hydrogen-bond donors (Lipinski definition) is 2. The Kier molecular flexibility index (Phi) is 3.45. The first-order valence-corrected chi connectivity index (χ1v) is 6.34. The molecule has 2 heterocycles. The van der Waals surface area contributed by atoms with Crippen molar-refractivity contribution in [3.63, 3.8) is 0 Å². The van der Waals surface area contributed by atoms with Crippen LogP contribution in [0.5, 0.6) is 0 Å². The minimum atomic E-state index is 0.191. The van der Waals surface area contributed by atoms with Crippen molar-refractivity contribution in [2.24, 2.45) is 0 Å². The van der Waals surface area contributed by atoms with Gasteiger partial charge in [-0.15, -0.1) is 0 Å². The molecule has 4 N–H and O–H groups in total. The van der Waals surface area contributed by atoms with Gasteiger partial charge in [-0.1, -0.05) is 0 Å². The first-order chi connectivity index (χ1) is 7.65. The summed E-state index contributed by atoms with van der Waals surface area (Å²) < 4.78 is 0. The number of thioether (sulfide) groups is 1. The second kappa shape index (κ2) is 4.84. The monoisotopic (exact) mass is 240 g/mol. The van der Waals surface area contributed by atoms with E-state index >= 15 is 0 Å². The van der Waals surface area contributed by atoms with E-state index in [9.17, 15) is 0 Å². The lowest BCUT2D eigenvalue weighted by Gasteiger charge is -2.22. The number of anilines is 2. The van der Waals surface area contributed by atoms with E-state index < -0.39 is 0 Å². The zero-order valence-electron chi connectivity index (χ0n) is 9.26. The van der Waals surface area contributed by atoms with Gasteiger partial charge in [-0.2, -0.15) is 26.7 Å². The summed E-state index contributed by atoms with van der Waals surface area (Å²) in [5.41, 5.74) is 11.0. The van der Waals surface area contributed by atoms with Crippen molar-refractivity contribution in [1.82, 2.24) is 19.9 Å². The smallest absolute Gasteiger partial charge is 0.225 e. The van der Waals surface area contributed by atoms with Gasteiger partial charge in [0.2, 0.25) is 11.9 Å². The predicted molar refractivity (Wildman–Crippen MR) is 65.8 cm³/mol. The van der Waals surface area contributed by atoms with E-state index in [0.717, 1.165) is 0 Å². The molecule has 88 valence electrons. The van der Waals surface area contributed by atoms with Gasteiger partial charge in [0, 0.05) is 11.8 Å². The minimum absolute atomic E-state index is 0.191. The SMILES string of the molecule is CN(Cc1nc(N)nc(N)n1)C1CCSC1. The molecule has 0 radical (unpaired) electrons. The van der Waals surface area contributed by atoms with E-state index in [4.69, 9.17) is 11.5 Å². The Balaban J connectivity index is 2.02. The van der Waals surface area contributed by atoms with Gasteiger partial charge in [0.05, 0.1) is 6.54 Å². The van der Waals surface area contributed by atoms with Crippen molar-refractivity contribution in [1.29, 1.82) is 0 Å². The molecule has 0 amide bonds. The molecule has 0 aromatic carbocycles. The van der Waals surface area contributed by atoms with Crippen molar-refractivity contribution in [2.75, 3.05) is 30.0 Å². The van der Waals surface area contributed by atoms with Crippen LogP contribution in [0.4, 0.5) is 11.9 Å². The number of nitrogens with zero attached hydrogens (tertiary/aromatic N) is 4. The Morgan fingerprint density at radius 1 is 1.31 bits per heavy atom. The van der Waals surface area contributed by atoms with Crippen LogP contribution >= 0.6 is 11.8 Å². The highest BCUT2D eigenvalue weighted by atomic mass is 32.2. The molecule has 0 aliphatic carbocycles. The summed E-state index contributed by atoms with van der Waals surface area (Å²) in [6.45, 7) is 0.669. The molecule has 1 aromatic heterocycles. The summed E-state index contributed by atoms with van der Waals surface area (Å²) in [4.78, 5) is 14.1. The molecule has 6 nitrogen and oxygen atoms in total. The highest BCUT2D eigenvalue weighted by Crippen LogP contribution is 2.22. The van der Waals surface area contributed by atoms with Crippen molar-refractivity contribution in [3.05, 3.63) is 5.82 Å². The first kappa shape index (κ1) is 11.4. The van der Waals surface area contributed by atoms with E-state index in [1.54, 1.807) is 0 Å². The molecular formula is C9H16N6S. The molecule has 1 atom stereocenters. The third-order valence-corrected chi connectivity index (χ3v) is 3.78. The second-order valence-corrected chi connectivity index (χ2v) is 5.05. The van der Waals surface area contributed by atoms with Crippen LogP contribution in [0.25, 0.3) is 0 Å². The Labute approximate surface area is 98.8 Å². The zero-order chi connectivity index (χ0) is 11.5. The maximum absolute atomic E-state index is 5.52. The summed E-state index contributed by atoms with van der Waals surface area (Å²) >= 11 is 1.98. The number of nitrogens with two attached hydrogens (primary N) is 2. The van der Waals surface area contributed by atoms with Crippen LogP contribution in [-0.2, 0) is 6.54 Å². The van der Waals surface area contributed by atoms with Crippen molar-refractivity contribution >= 4 is 23.7 Å². The first-order valence-electron chi connectivity index (χ1n) is 5.19. The van der Waals surface area contributed by atoms with Crippen LogP contribution in [0.1, 0.15) is 12.2 Å². The Morgan fingerprint density at radius 3 is 2.56 bits per heavy atom. The van der Waals surface area contributed by atoms with E-state index in [-0.39, 0.29) is 11.9 Å². The summed E-state index contributed by atoms with van der Waals surface area (Å²) in [7, 11) is 2.08. The summed E-state index contributed by atoms with van der Waals surface area (Å²) in [6, 6.07) is 0.601. The van der Waals surface area contributed by atoms with Crippen LogP contribution in [0.3, 0.4) is 0 Å². The number of hydrogen-bond acceptors (Lipinski definition) is 7. The Hall–Kier alpha value is -1.08. The summed E-state index contributed by atoms with van der Waals surface area (Å²) in [5, 5.41) is 0. The Morgan fingerprint density at radius 2 is 2.00 bits per heavy atom. The van der Waals surface area contributed by atoms with E-state index in [0.29, 0.717) is 18.4 Å². The van der Waals surface area contributed by atoms with Crippen LogP contribution in [-0.4, -0.2) is 44.4 Å². The fraction of sp³-hybridized carbons (Fsp3) is 0.667. The maximum Gasteiger partial charge on any atom is 0.225 e. The fourth-order valence-corrected chi connectivity index (χ4v) is 3.05. The molecule has 0 bridgehead atoms.